The van der Waals surface area contributed by atoms with Crippen LogP contribution in [-0.2, 0) is 16.3 Å². The molecule has 96 valence electrons. The Morgan fingerprint density at radius 2 is 2.18 bits per heavy atom. The molecule has 3 N–H and O–H groups in total. The molecular formula is C11H17FN2O2S. The van der Waals surface area contributed by atoms with Crippen molar-refractivity contribution in [2.75, 3.05) is 12.0 Å². The van der Waals surface area contributed by atoms with E-state index in [1.54, 1.807) is 12.1 Å². The van der Waals surface area contributed by atoms with Crippen LogP contribution in [0.3, 0.4) is 0 Å². The summed E-state index contributed by atoms with van der Waals surface area (Å²) in [4.78, 5) is 0. The Labute approximate surface area is 101 Å². The molecule has 1 rings (SSSR count). The molecular weight excluding hydrogens is 243 g/mol. The van der Waals surface area contributed by atoms with Gasteiger partial charge in [0.25, 0.3) is 0 Å². The number of benzene rings is 1. The van der Waals surface area contributed by atoms with E-state index in [4.69, 9.17) is 5.84 Å². The van der Waals surface area contributed by atoms with E-state index in [2.05, 4.69) is 5.43 Å². The van der Waals surface area contributed by atoms with E-state index in [0.29, 0.717) is 12.8 Å². The molecule has 0 bridgehead atoms. The maximum Gasteiger partial charge on any atom is 0.147 e. The van der Waals surface area contributed by atoms with Crippen LogP contribution in [0.15, 0.2) is 24.3 Å². The second kappa shape index (κ2) is 6.09. The van der Waals surface area contributed by atoms with Crippen LogP contribution in [0.2, 0.25) is 0 Å². The first-order valence-electron chi connectivity index (χ1n) is 5.29. The Morgan fingerprint density at radius 1 is 1.47 bits per heavy atom. The summed E-state index contributed by atoms with van der Waals surface area (Å²) >= 11 is 0. The number of hydrogen-bond acceptors (Lipinski definition) is 4. The van der Waals surface area contributed by atoms with Crippen LogP contribution in [0.1, 0.15) is 12.0 Å². The van der Waals surface area contributed by atoms with Gasteiger partial charge < -0.3 is 0 Å². The summed E-state index contributed by atoms with van der Waals surface area (Å²) in [5.74, 6) is 5.11. The average Bonchev–Trinajstić information content (AvgIpc) is 2.23. The van der Waals surface area contributed by atoms with Gasteiger partial charge in [0.1, 0.15) is 15.7 Å². The topological polar surface area (TPSA) is 72.2 Å². The van der Waals surface area contributed by atoms with E-state index < -0.39 is 9.84 Å². The minimum atomic E-state index is -3.00. The number of rotatable bonds is 6. The number of hydrazine groups is 1. The van der Waals surface area contributed by atoms with Crippen LogP contribution in [0.25, 0.3) is 0 Å². The Morgan fingerprint density at radius 3 is 2.71 bits per heavy atom. The van der Waals surface area contributed by atoms with Crippen LogP contribution in [-0.4, -0.2) is 26.5 Å². The number of sulfone groups is 1. The normalized spacial score (nSPS) is 13.6. The first-order valence-corrected chi connectivity index (χ1v) is 7.35. The number of nitrogens with one attached hydrogen (secondary N) is 1. The molecule has 1 aromatic rings. The maximum absolute atomic E-state index is 12.9. The van der Waals surface area contributed by atoms with Gasteiger partial charge in [0.05, 0.1) is 5.75 Å². The molecule has 0 saturated carbocycles. The molecule has 1 unspecified atom stereocenters. The average molecular weight is 260 g/mol. The molecule has 4 nitrogen and oxygen atoms in total. The van der Waals surface area contributed by atoms with Crippen molar-refractivity contribution in [3.8, 4) is 0 Å². The van der Waals surface area contributed by atoms with E-state index in [1.807, 2.05) is 0 Å². The molecule has 0 amide bonds. The largest absolute Gasteiger partial charge is 0.271 e. The summed E-state index contributed by atoms with van der Waals surface area (Å²) in [7, 11) is -3.00. The quantitative estimate of drug-likeness (QED) is 0.581. The minimum absolute atomic E-state index is 0.0666. The summed E-state index contributed by atoms with van der Waals surface area (Å²) in [6, 6.07) is 6.02. The SMILES string of the molecule is CS(=O)(=O)CCC(Cc1cccc(F)c1)NN. The predicted octanol–water partition coefficient (Wildman–Crippen LogP) is 0.635. The van der Waals surface area contributed by atoms with Crippen LogP contribution in [0.4, 0.5) is 4.39 Å². The third-order valence-electron chi connectivity index (χ3n) is 2.44. The predicted molar refractivity (Wildman–Crippen MR) is 65.5 cm³/mol. The Hall–Kier alpha value is -0.980. The Balaban J connectivity index is 2.58. The highest BCUT2D eigenvalue weighted by Gasteiger charge is 2.11. The minimum Gasteiger partial charge on any atom is -0.271 e. The van der Waals surface area contributed by atoms with Crippen molar-refractivity contribution < 1.29 is 12.8 Å². The van der Waals surface area contributed by atoms with Crippen LogP contribution < -0.4 is 11.3 Å². The lowest BCUT2D eigenvalue weighted by molar-refractivity contribution is 0.505. The molecule has 0 radical (unpaired) electrons. The van der Waals surface area contributed by atoms with Gasteiger partial charge in [-0.2, -0.15) is 0 Å². The van der Waals surface area contributed by atoms with Gasteiger partial charge in [-0.05, 0) is 30.5 Å². The third-order valence-corrected chi connectivity index (χ3v) is 3.42. The van der Waals surface area contributed by atoms with Gasteiger partial charge in [-0.1, -0.05) is 12.1 Å². The molecule has 6 heteroatoms. The van der Waals surface area contributed by atoms with Crippen molar-refractivity contribution in [3.63, 3.8) is 0 Å². The zero-order chi connectivity index (χ0) is 12.9. The van der Waals surface area contributed by atoms with Crippen LogP contribution >= 0.6 is 0 Å². The molecule has 0 saturated heterocycles. The van der Waals surface area contributed by atoms with Crippen LogP contribution in [0.5, 0.6) is 0 Å². The van der Waals surface area contributed by atoms with E-state index in [9.17, 15) is 12.8 Å². The first-order chi connectivity index (χ1) is 7.90. The second-order valence-corrected chi connectivity index (χ2v) is 6.38. The standard InChI is InChI=1S/C11H17FN2O2S/c1-17(15,16)6-5-11(14-13)8-9-3-2-4-10(12)7-9/h2-4,7,11,14H,5-6,8,13H2,1H3. The zero-order valence-electron chi connectivity index (χ0n) is 9.69. The molecule has 1 atom stereocenters. The van der Waals surface area contributed by atoms with Crippen molar-refractivity contribution >= 4 is 9.84 Å². The van der Waals surface area contributed by atoms with Crippen molar-refractivity contribution in [3.05, 3.63) is 35.6 Å². The molecule has 0 aliphatic rings. The van der Waals surface area contributed by atoms with Gasteiger partial charge in [-0.15, -0.1) is 0 Å². The zero-order valence-corrected chi connectivity index (χ0v) is 10.5. The van der Waals surface area contributed by atoms with Crippen molar-refractivity contribution in [2.24, 2.45) is 5.84 Å². The molecule has 0 fully saturated rings. The summed E-state index contributed by atoms with van der Waals surface area (Å²) in [6.45, 7) is 0. The highest BCUT2D eigenvalue weighted by molar-refractivity contribution is 7.90. The van der Waals surface area contributed by atoms with Gasteiger partial charge in [-0.3, -0.25) is 11.3 Å². The smallest absolute Gasteiger partial charge is 0.147 e. The number of nitrogens with two attached hydrogens (primary N) is 1. The van der Waals surface area contributed by atoms with E-state index >= 15 is 0 Å². The highest BCUT2D eigenvalue weighted by Crippen LogP contribution is 2.08. The highest BCUT2D eigenvalue weighted by atomic mass is 32.2. The molecule has 17 heavy (non-hydrogen) atoms. The third kappa shape index (κ3) is 5.76. The molecule has 0 aliphatic carbocycles. The van der Waals surface area contributed by atoms with Gasteiger partial charge in [0, 0.05) is 12.3 Å². The summed E-state index contributed by atoms with van der Waals surface area (Å²) in [5.41, 5.74) is 3.35. The number of halogens is 1. The molecule has 0 aliphatic heterocycles. The molecule has 0 aromatic heterocycles. The summed E-state index contributed by atoms with van der Waals surface area (Å²) < 4.78 is 35.0. The lowest BCUT2D eigenvalue weighted by Gasteiger charge is -2.15. The van der Waals surface area contributed by atoms with Gasteiger partial charge >= 0.3 is 0 Å². The lowest BCUT2D eigenvalue weighted by atomic mass is 10.0. The summed E-state index contributed by atoms with van der Waals surface area (Å²) in [6.07, 6.45) is 2.10. The lowest BCUT2D eigenvalue weighted by Crippen LogP contribution is -2.38. The van der Waals surface area contributed by atoms with Crippen LogP contribution in [0, 0.1) is 5.82 Å². The van der Waals surface area contributed by atoms with Crippen molar-refractivity contribution in [1.82, 2.24) is 5.43 Å². The Kier molecular flexibility index (Phi) is 5.04. The molecule has 1 aromatic carbocycles. The molecule has 0 spiro atoms. The second-order valence-electron chi connectivity index (χ2n) is 4.12. The van der Waals surface area contributed by atoms with Gasteiger partial charge in [0.15, 0.2) is 0 Å². The van der Waals surface area contributed by atoms with E-state index in [1.165, 1.54) is 18.4 Å². The fourth-order valence-corrected chi connectivity index (χ4v) is 2.26. The monoisotopic (exact) mass is 260 g/mol. The molecule has 0 heterocycles. The van der Waals surface area contributed by atoms with Crippen molar-refractivity contribution in [2.45, 2.75) is 18.9 Å². The first kappa shape index (κ1) is 14.1. The van der Waals surface area contributed by atoms with Gasteiger partial charge in [-0.25, -0.2) is 12.8 Å². The maximum atomic E-state index is 12.9. The fourth-order valence-electron chi connectivity index (χ4n) is 1.55. The van der Waals surface area contributed by atoms with E-state index in [0.717, 1.165) is 5.56 Å². The van der Waals surface area contributed by atoms with E-state index in [-0.39, 0.29) is 17.6 Å². The van der Waals surface area contributed by atoms with Crippen molar-refractivity contribution in [1.29, 1.82) is 0 Å². The Bertz CT molecular complexity index is 462. The summed E-state index contributed by atoms with van der Waals surface area (Å²) in [5, 5.41) is 0. The number of hydrogen-bond donors (Lipinski definition) is 2. The fraction of sp³-hybridized carbons (Fsp3) is 0.455. The van der Waals surface area contributed by atoms with Gasteiger partial charge in [0.2, 0.25) is 0 Å².